The Kier molecular flexibility index (Phi) is 4.79. The van der Waals surface area contributed by atoms with Gasteiger partial charge in [0.15, 0.2) is 5.84 Å². The second-order valence-corrected chi connectivity index (χ2v) is 5.07. The number of piperidine rings is 1. The van der Waals surface area contributed by atoms with Crippen molar-refractivity contribution in [1.29, 1.82) is 0 Å². The van der Waals surface area contributed by atoms with Gasteiger partial charge in [0, 0.05) is 6.04 Å². The van der Waals surface area contributed by atoms with Crippen molar-refractivity contribution in [3.8, 4) is 5.75 Å². The Hall–Kier alpha value is -1.82. The van der Waals surface area contributed by atoms with Gasteiger partial charge in [-0.05, 0) is 44.6 Å². The van der Waals surface area contributed by atoms with Gasteiger partial charge in [-0.25, -0.2) is 4.39 Å². The van der Waals surface area contributed by atoms with E-state index in [9.17, 15) is 4.39 Å². The minimum Gasteiger partial charge on any atom is -0.491 e. The van der Waals surface area contributed by atoms with Gasteiger partial charge in [0.25, 0.3) is 0 Å². The maximum absolute atomic E-state index is 13.2. The fraction of sp³-hybridized carbons (Fsp3) is 0.500. The molecule has 1 aromatic rings. The number of hydrogen-bond donors (Lipinski definition) is 2. The van der Waals surface area contributed by atoms with Crippen LogP contribution in [-0.4, -0.2) is 42.2 Å². The molecule has 0 aromatic heterocycles. The molecule has 0 aliphatic carbocycles. The van der Waals surface area contributed by atoms with Gasteiger partial charge >= 0.3 is 0 Å². The van der Waals surface area contributed by atoms with E-state index in [-0.39, 0.29) is 11.4 Å². The lowest BCUT2D eigenvalue weighted by molar-refractivity contribution is 0.125. The van der Waals surface area contributed by atoms with Gasteiger partial charge < -0.3 is 20.6 Å². The van der Waals surface area contributed by atoms with Gasteiger partial charge in [-0.1, -0.05) is 11.6 Å². The number of amidine groups is 1. The van der Waals surface area contributed by atoms with Gasteiger partial charge in [-0.2, -0.15) is 0 Å². The fourth-order valence-electron chi connectivity index (χ4n) is 2.42. The van der Waals surface area contributed by atoms with Gasteiger partial charge in [-0.15, -0.1) is 0 Å². The van der Waals surface area contributed by atoms with E-state index in [1.165, 1.54) is 31.0 Å². The molecule has 1 aliphatic heterocycles. The Balaban J connectivity index is 2.09. The first-order valence-electron chi connectivity index (χ1n) is 6.72. The number of nitrogens with two attached hydrogens (primary N) is 1. The van der Waals surface area contributed by atoms with Crippen molar-refractivity contribution in [2.45, 2.75) is 25.3 Å². The Labute approximate surface area is 117 Å². The Morgan fingerprint density at radius 3 is 3.05 bits per heavy atom. The Morgan fingerprint density at radius 1 is 1.55 bits per heavy atom. The molecule has 1 heterocycles. The molecule has 5 nitrogen and oxygen atoms in total. The summed E-state index contributed by atoms with van der Waals surface area (Å²) in [7, 11) is 2.07. The molecular weight excluding hydrogens is 261 g/mol. The van der Waals surface area contributed by atoms with E-state index in [4.69, 9.17) is 15.7 Å². The second-order valence-electron chi connectivity index (χ2n) is 5.07. The zero-order valence-electron chi connectivity index (χ0n) is 11.6. The highest BCUT2D eigenvalue weighted by atomic mass is 19.1. The lowest BCUT2D eigenvalue weighted by Gasteiger charge is -2.32. The van der Waals surface area contributed by atoms with Crippen LogP contribution in [0.4, 0.5) is 4.39 Å². The Bertz CT molecular complexity index is 493. The van der Waals surface area contributed by atoms with E-state index in [2.05, 4.69) is 17.1 Å². The Morgan fingerprint density at radius 2 is 2.35 bits per heavy atom. The maximum atomic E-state index is 13.2. The summed E-state index contributed by atoms with van der Waals surface area (Å²) in [4.78, 5) is 2.26. The quantitative estimate of drug-likeness (QED) is 0.382. The smallest absolute Gasteiger partial charge is 0.173 e. The SMILES string of the molecule is CN1CCCCC1COc1ccc(F)cc1C(N)=NO. The molecule has 2 rings (SSSR count). The molecule has 0 radical (unpaired) electrons. The number of nitrogens with zero attached hydrogens (tertiary/aromatic N) is 2. The number of likely N-dealkylation sites (N-methyl/N-ethyl adjacent to an activating group) is 1. The zero-order chi connectivity index (χ0) is 14.5. The molecular formula is C14H20FN3O2. The number of halogens is 1. The minimum absolute atomic E-state index is 0.156. The van der Waals surface area contributed by atoms with Crippen LogP contribution >= 0.6 is 0 Å². The predicted octanol–water partition coefficient (Wildman–Crippen LogP) is 1.78. The largest absolute Gasteiger partial charge is 0.491 e. The molecule has 1 atom stereocenters. The zero-order valence-corrected chi connectivity index (χ0v) is 11.6. The normalized spacial score (nSPS) is 20.9. The highest BCUT2D eigenvalue weighted by Crippen LogP contribution is 2.22. The van der Waals surface area contributed by atoms with E-state index in [1.54, 1.807) is 0 Å². The average molecular weight is 281 g/mol. The second kappa shape index (κ2) is 6.56. The fourth-order valence-corrected chi connectivity index (χ4v) is 2.42. The number of benzene rings is 1. The van der Waals surface area contributed by atoms with Crippen molar-refractivity contribution < 1.29 is 14.3 Å². The number of rotatable bonds is 4. The molecule has 1 fully saturated rings. The molecule has 1 aliphatic rings. The van der Waals surface area contributed by atoms with Crippen LogP contribution in [0.5, 0.6) is 5.75 Å². The number of hydrogen-bond acceptors (Lipinski definition) is 4. The summed E-state index contributed by atoms with van der Waals surface area (Å²) in [5.74, 6) is -0.175. The van der Waals surface area contributed by atoms with Crippen LogP contribution in [0, 0.1) is 5.82 Å². The number of likely N-dealkylation sites (tertiary alicyclic amines) is 1. The van der Waals surface area contributed by atoms with Crippen LogP contribution in [-0.2, 0) is 0 Å². The van der Waals surface area contributed by atoms with Crippen molar-refractivity contribution in [3.63, 3.8) is 0 Å². The maximum Gasteiger partial charge on any atom is 0.173 e. The highest BCUT2D eigenvalue weighted by molar-refractivity contribution is 5.99. The van der Waals surface area contributed by atoms with E-state index < -0.39 is 5.82 Å². The van der Waals surface area contributed by atoms with Crippen LogP contribution in [0.2, 0.25) is 0 Å². The monoisotopic (exact) mass is 281 g/mol. The minimum atomic E-state index is -0.450. The van der Waals surface area contributed by atoms with E-state index >= 15 is 0 Å². The summed E-state index contributed by atoms with van der Waals surface area (Å²) in [6, 6.07) is 4.35. The molecule has 1 unspecified atom stereocenters. The van der Waals surface area contributed by atoms with Gasteiger partial charge in [0.2, 0.25) is 0 Å². The molecule has 20 heavy (non-hydrogen) atoms. The summed E-state index contributed by atoms with van der Waals surface area (Å²) in [5, 5.41) is 11.6. The molecule has 0 saturated carbocycles. The molecule has 3 N–H and O–H groups in total. The molecule has 1 saturated heterocycles. The van der Waals surface area contributed by atoms with Crippen molar-refractivity contribution in [1.82, 2.24) is 4.90 Å². The van der Waals surface area contributed by atoms with Gasteiger partial charge in [-0.3, -0.25) is 0 Å². The van der Waals surface area contributed by atoms with Gasteiger partial charge in [0.05, 0.1) is 5.56 Å². The van der Waals surface area contributed by atoms with E-state index in [0.717, 1.165) is 13.0 Å². The third kappa shape index (κ3) is 3.39. The van der Waals surface area contributed by atoms with Crippen LogP contribution < -0.4 is 10.5 Å². The molecule has 0 bridgehead atoms. The van der Waals surface area contributed by atoms with Crippen molar-refractivity contribution in [2.75, 3.05) is 20.2 Å². The van der Waals surface area contributed by atoms with Crippen LogP contribution in [0.15, 0.2) is 23.4 Å². The summed E-state index contributed by atoms with van der Waals surface area (Å²) < 4.78 is 19.0. The molecule has 0 spiro atoms. The summed E-state index contributed by atoms with van der Waals surface area (Å²) in [6.07, 6.45) is 3.48. The lowest BCUT2D eigenvalue weighted by atomic mass is 10.0. The molecule has 0 amide bonds. The molecule has 6 heteroatoms. The van der Waals surface area contributed by atoms with Crippen LogP contribution in [0.3, 0.4) is 0 Å². The average Bonchev–Trinajstić information content (AvgIpc) is 2.46. The van der Waals surface area contributed by atoms with E-state index in [1.807, 2.05) is 0 Å². The van der Waals surface area contributed by atoms with Crippen molar-refractivity contribution in [2.24, 2.45) is 10.9 Å². The number of oxime groups is 1. The summed E-state index contributed by atoms with van der Waals surface area (Å²) in [6.45, 7) is 1.57. The van der Waals surface area contributed by atoms with Gasteiger partial charge in [0.1, 0.15) is 18.2 Å². The first-order chi connectivity index (χ1) is 9.61. The highest BCUT2D eigenvalue weighted by Gasteiger charge is 2.20. The summed E-state index contributed by atoms with van der Waals surface area (Å²) in [5.41, 5.74) is 5.81. The first-order valence-corrected chi connectivity index (χ1v) is 6.72. The standard InChI is InChI=1S/C14H20FN3O2/c1-18-7-3-2-4-11(18)9-20-13-6-5-10(15)8-12(13)14(16)17-19/h5-6,8,11,19H,2-4,7,9H2,1H3,(H2,16,17). The first kappa shape index (κ1) is 14.6. The molecule has 110 valence electrons. The van der Waals surface area contributed by atoms with Crippen LogP contribution in [0.1, 0.15) is 24.8 Å². The van der Waals surface area contributed by atoms with Crippen molar-refractivity contribution in [3.05, 3.63) is 29.6 Å². The third-order valence-corrected chi connectivity index (χ3v) is 3.68. The predicted molar refractivity (Wildman–Crippen MR) is 74.7 cm³/mol. The van der Waals surface area contributed by atoms with Crippen LogP contribution in [0.25, 0.3) is 0 Å². The number of ether oxygens (including phenoxy) is 1. The van der Waals surface area contributed by atoms with Crippen molar-refractivity contribution >= 4 is 5.84 Å². The summed E-state index contributed by atoms with van der Waals surface area (Å²) >= 11 is 0. The third-order valence-electron chi connectivity index (χ3n) is 3.68. The lowest BCUT2D eigenvalue weighted by Crippen LogP contribution is -2.40. The van der Waals surface area contributed by atoms with E-state index in [0.29, 0.717) is 18.4 Å². The molecule has 1 aromatic carbocycles. The topological polar surface area (TPSA) is 71.1 Å².